The Balaban J connectivity index is 1.82. The molecule has 0 aromatic heterocycles. The average Bonchev–Trinajstić information content (AvgIpc) is 3.29. The fourth-order valence-corrected chi connectivity index (χ4v) is 2.91. The van der Waals surface area contributed by atoms with Crippen molar-refractivity contribution in [2.24, 2.45) is 5.92 Å². The lowest BCUT2D eigenvalue weighted by molar-refractivity contribution is 0.0973. The first-order valence-electron chi connectivity index (χ1n) is 8.10. The molecule has 1 aliphatic rings. The zero-order chi connectivity index (χ0) is 15.1. The van der Waals surface area contributed by atoms with Gasteiger partial charge in [0.1, 0.15) is 0 Å². The first-order valence-corrected chi connectivity index (χ1v) is 8.10. The fraction of sp³-hybridized carbons (Fsp3) is 0.667. The van der Waals surface area contributed by atoms with Gasteiger partial charge in [-0.2, -0.15) is 0 Å². The Labute approximate surface area is 129 Å². The number of ether oxygens (including phenoxy) is 1. The molecule has 118 valence electrons. The first kappa shape index (κ1) is 16.5. The Kier molecular flexibility index (Phi) is 6.22. The number of likely N-dealkylation sites (N-methyl/N-ethyl adjacent to an activating group) is 2. The van der Waals surface area contributed by atoms with Gasteiger partial charge < -0.3 is 15.0 Å². The number of hydrogen-bond acceptors (Lipinski definition) is 3. The van der Waals surface area contributed by atoms with Crippen LogP contribution in [0.2, 0.25) is 0 Å². The van der Waals surface area contributed by atoms with Crippen LogP contribution < -0.4 is 5.32 Å². The molecule has 0 saturated heterocycles. The fourth-order valence-electron chi connectivity index (χ4n) is 2.91. The van der Waals surface area contributed by atoms with Crippen molar-refractivity contribution in [3.8, 4) is 0 Å². The predicted molar refractivity (Wildman–Crippen MR) is 88.8 cm³/mol. The van der Waals surface area contributed by atoms with Gasteiger partial charge in [-0.25, -0.2) is 0 Å². The minimum Gasteiger partial charge on any atom is -0.380 e. The quantitative estimate of drug-likeness (QED) is 0.670. The Morgan fingerprint density at radius 3 is 2.62 bits per heavy atom. The van der Waals surface area contributed by atoms with Crippen LogP contribution in [0.1, 0.15) is 25.3 Å². The van der Waals surface area contributed by atoms with Crippen LogP contribution in [0.25, 0.3) is 0 Å². The molecule has 21 heavy (non-hydrogen) atoms. The second-order valence-corrected chi connectivity index (χ2v) is 6.71. The Bertz CT molecular complexity index is 405. The van der Waals surface area contributed by atoms with Gasteiger partial charge in [-0.1, -0.05) is 37.3 Å². The lowest BCUT2D eigenvalue weighted by atomic mass is 9.82. The van der Waals surface area contributed by atoms with Gasteiger partial charge in [-0.3, -0.25) is 0 Å². The predicted octanol–water partition coefficient (Wildman–Crippen LogP) is 2.52. The highest BCUT2D eigenvalue weighted by molar-refractivity contribution is 5.25. The van der Waals surface area contributed by atoms with Gasteiger partial charge >= 0.3 is 0 Å². The average molecular weight is 290 g/mol. The van der Waals surface area contributed by atoms with Crippen LogP contribution in [-0.4, -0.2) is 51.8 Å². The molecule has 0 radical (unpaired) electrons. The Morgan fingerprint density at radius 1 is 1.29 bits per heavy atom. The van der Waals surface area contributed by atoms with Gasteiger partial charge in [0.05, 0.1) is 6.61 Å². The van der Waals surface area contributed by atoms with Crippen LogP contribution in [-0.2, 0) is 10.2 Å². The van der Waals surface area contributed by atoms with Crippen molar-refractivity contribution >= 4 is 0 Å². The molecule has 0 amide bonds. The molecule has 1 fully saturated rings. The van der Waals surface area contributed by atoms with Crippen LogP contribution in [0.15, 0.2) is 30.3 Å². The third-order valence-corrected chi connectivity index (χ3v) is 4.32. The van der Waals surface area contributed by atoms with Crippen molar-refractivity contribution in [1.29, 1.82) is 0 Å². The molecule has 1 aliphatic carbocycles. The van der Waals surface area contributed by atoms with Gasteiger partial charge in [-0.15, -0.1) is 0 Å². The number of nitrogens with zero attached hydrogens (tertiary/aromatic N) is 1. The molecule has 1 saturated carbocycles. The smallest absolute Gasteiger partial charge is 0.0593 e. The van der Waals surface area contributed by atoms with Gasteiger partial charge in [0.15, 0.2) is 0 Å². The maximum absolute atomic E-state index is 5.75. The summed E-state index contributed by atoms with van der Waals surface area (Å²) in [5.41, 5.74) is 1.52. The standard InChI is InChI=1S/C18H30N2O/c1-18(14-19-2,17-7-5-4-6-8-17)15-20(3)11-12-21-13-16-9-10-16/h4-8,16,19H,9-15H2,1-3H3. The van der Waals surface area contributed by atoms with Crippen molar-refractivity contribution in [3.63, 3.8) is 0 Å². The molecular formula is C18H30N2O. The van der Waals surface area contributed by atoms with Crippen molar-refractivity contribution < 1.29 is 4.74 Å². The molecule has 0 heterocycles. The lowest BCUT2D eigenvalue weighted by Gasteiger charge is -2.34. The summed E-state index contributed by atoms with van der Waals surface area (Å²) in [5, 5.41) is 3.34. The maximum Gasteiger partial charge on any atom is 0.0593 e. The molecule has 0 bridgehead atoms. The molecule has 1 unspecified atom stereocenters. The summed E-state index contributed by atoms with van der Waals surface area (Å²) in [6, 6.07) is 10.8. The SMILES string of the molecule is CNCC(C)(CN(C)CCOCC1CC1)c1ccccc1. The van der Waals surface area contributed by atoms with Crippen molar-refractivity contribution in [2.75, 3.05) is 46.9 Å². The van der Waals surface area contributed by atoms with E-state index in [-0.39, 0.29) is 5.41 Å². The van der Waals surface area contributed by atoms with E-state index in [1.54, 1.807) is 0 Å². The van der Waals surface area contributed by atoms with E-state index < -0.39 is 0 Å². The lowest BCUT2D eigenvalue weighted by Crippen LogP contribution is -2.44. The molecule has 0 spiro atoms. The Morgan fingerprint density at radius 2 is 2.00 bits per heavy atom. The van der Waals surface area contributed by atoms with E-state index in [1.807, 2.05) is 7.05 Å². The normalized spacial score (nSPS) is 17.9. The highest BCUT2D eigenvalue weighted by atomic mass is 16.5. The van der Waals surface area contributed by atoms with Gasteiger partial charge in [0, 0.05) is 31.7 Å². The van der Waals surface area contributed by atoms with Gasteiger partial charge in [0.25, 0.3) is 0 Å². The van der Waals surface area contributed by atoms with E-state index in [2.05, 4.69) is 54.5 Å². The van der Waals surface area contributed by atoms with Crippen LogP contribution in [0.3, 0.4) is 0 Å². The highest BCUT2D eigenvalue weighted by Crippen LogP contribution is 2.28. The van der Waals surface area contributed by atoms with Crippen LogP contribution in [0.4, 0.5) is 0 Å². The van der Waals surface area contributed by atoms with Crippen LogP contribution in [0.5, 0.6) is 0 Å². The highest BCUT2D eigenvalue weighted by Gasteiger charge is 2.27. The molecule has 3 heteroatoms. The number of rotatable bonds is 10. The van der Waals surface area contributed by atoms with Crippen molar-refractivity contribution in [2.45, 2.75) is 25.2 Å². The minimum absolute atomic E-state index is 0.126. The number of hydrogen-bond donors (Lipinski definition) is 1. The zero-order valence-corrected chi connectivity index (χ0v) is 13.8. The second kappa shape index (κ2) is 7.92. The summed E-state index contributed by atoms with van der Waals surface area (Å²) >= 11 is 0. The zero-order valence-electron chi connectivity index (χ0n) is 13.8. The molecule has 1 aromatic carbocycles. The topological polar surface area (TPSA) is 24.5 Å². The molecule has 3 nitrogen and oxygen atoms in total. The summed E-state index contributed by atoms with van der Waals surface area (Å²) in [6.45, 7) is 7.14. The molecule has 1 N–H and O–H groups in total. The summed E-state index contributed by atoms with van der Waals surface area (Å²) in [4.78, 5) is 2.39. The van der Waals surface area contributed by atoms with Gasteiger partial charge in [-0.05, 0) is 38.4 Å². The van der Waals surface area contributed by atoms with Crippen LogP contribution >= 0.6 is 0 Å². The third kappa shape index (κ3) is 5.42. The summed E-state index contributed by atoms with van der Waals surface area (Å²) in [7, 11) is 4.22. The number of nitrogens with one attached hydrogen (secondary N) is 1. The summed E-state index contributed by atoms with van der Waals surface area (Å²) in [5.74, 6) is 0.856. The minimum atomic E-state index is 0.126. The van der Waals surface area contributed by atoms with E-state index in [0.29, 0.717) is 0 Å². The Hall–Kier alpha value is -0.900. The third-order valence-electron chi connectivity index (χ3n) is 4.32. The second-order valence-electron chi connectivity index (χ2n) is 6.71. The summed E-state index contributed by atoms with van der Waals surface area (Å²) < 4.78 is 5.75. The van der Waals surface area contributed by atoms with Crippen molar-refractivity contribution in [3.05, 3.63) is 35.9 Å². The number of benzene rings is 1. The largest absolute Gasteiger partial charge is 0.380 e. The van der Waals surface area contributed by atoms with Gasteiger partial charge in [0.2, 0.25) is 0 Å². The van der Waals surface area contributed by atoms with E-state index in [9.17, 15) is 0 Å². The molecule has 1 atom stereocenters. The molecular weight excluding hydrogens is 260 g/mol. The maximum atomic E-state index is 5.75. The van der Waals surface area contributed by atoms with Crippen LogP contribution in [0, 0.1) is 5.92 Å². The molecule has 0 aliphatic heterocycles. The first-order chi connectivity index (χ1) is 10.1. The van der Waals surface area contributed by atoms with E-state index in [1.165, 1.54) is 18.4 Å². The molecule has 1 aromatic rings. The summed E-state index contributed by atoms with van der Waals surface area (Å²) in [6.07, 6.45) is 2.73. The monoisotopic (exact) mass is 290 g/mol. The molecule has 2 rings (SSSR count). The van der Waals surface area contributed by atoms with E-state index in [0.717, 1.165) is 38.8 Å². The van der Waals surface area contributed by atoms with E-state index in [4.69, 9.17) is 4.74 Å². The van der Waals surface area contributed by atoms with Crippen molar-refractivity contribution in [1.82, 2.24) is 10.2 Å². The van der Waals surface area contributed by atoms with E-state index >= 15 is 0 Å².